The molecule has 1 aromatic heterocycles. The number of carboxylic acid groups (broad SMARTS) is 2. The van der Waals surface area contributed by atoms with Crippen LogP contribution in [-0.2, 0) is 9.59 Å². The molecule has 0 radical (unpaired) electrons. The Balaban J connectivity index is 2.68. The fourth-order valence-corrected chi connectivity index (χ4v) is 1.38. The molecule has 0 unspecified atom stereocenters. The van der Waals surface area contributed by atoms with Crippen LogP contribution in [0.3, 0.4) is 0 Å². The van der Waals surface area contributed by atoms with Crippen LogP contribution < -0.4 is 5.32 Å². The van der Waals surface area contributed by atoms with Crippen LogP contribution in [-0.4, -0.2) is 39.1 Å². The summed E-state index contributed by atoms with van der Waals surface area (Å²) in [7, 11) is 0. The molecule has 0 fully saturated rings. The Kier molecular flexibility index (Phi) is 5.25. The predicted molar refractivity (Wildman–Crippen MR) is 65.0 cm³/mol. The number of aliphatic carboxylic acids is 2. The molecule has 0 aliphatic heterocycles. The van der Waals surface area contributed by atoms with Crippen LogP contribution >= 0.6 is 11.6 Å². The van der Waals surface area contributed by atoms with E-state index in [4.69, 9.17) is 21.8 Å². The molecule has 0 aromatic carbocycles. The molecule has 102 valence electrons. The third kappa shape index (κ3) is 4.92. The second-order valence-corrected chi connectivity index (χ2v) is 4.09. The minimum Gasteiger partial charge on any atom is -0.481 e. The highest BCUT2D eigenvalue weighted by molar-refractivity contribution is 6.30. The van der Waals surface area contributed by atoms with Gasteiger partial charge in [0.05, 0.1) is 5.02 Å². The minimum atomic E-state index is -1.30. The molecule has 0 saturated heterocycles. The summed E-state index contributed by atoms with van der Waals surface area (Å²) in [5, 5.41) is 19.9. The van der Waals surface area contributed by atoms with E-state index in [1.54, 1.807) is 0 Å². The lowest BCUT2D eigenvalue weighted by Crippen LogP contribution is -2.41. The lowest BCUT2D eigenvalue weighted by molar-refractivity contribution is -0.140. The number of carbonyl (C=O) groups is 3. The van der Waals surface area contributed by atoms with Crippen LogP contribution in [0, 0.1) is 0 Å². The Morgan fingerprint density at radius 1 is 1.32 bits per heavy atom. The van der Waals surface area contributed by atoms with Crippen molar-refractivity contribution in [2.75, 3.05) is 0 Å². The third-order valence-corrected chi connectivity index (χ3v) is 2.43. The highest BCUT2D eigenvalue weighted by Crippen LogP contribution is 2.07. The normalized spacial score (nSPS) is 11.6. The molecular weight excluding hydrogens is 276 g/mol. The van der Waals surface area contributed by atoms with Gasteiger partial charge in [0.25, 0.3) is 5.91 Å². The van der Waals surface area contributed by atoms with Crippen LogP contribution in [0.4, 0.5) is 0 Å². The Labute approximate surface area is 113 Å². The van der Waals surface area contributed by atoms with Crippen molar-refractivity contribution >= 4 is 29.4 Å². The third-order valence-electron chi connectivity index (χ3n) is 2.21. The molecule has 0 spiro atoms. The first kappa shape index (κ1) is 14.9. The largest absolute Gasteiger partial charge is 0.481 e. The summed E-state index contributed by atoms with van der Waals surface area (Å²) < 4.78 is 0. The first-order chi connectivity index (χ1) is 8.90. The first-order valence-corrected chi connectivity index (χ1v) is 5.65. The lowest BCUT2D eigenvalue weighted by Gasteiger charge is -2.12. The van der Waals surface area contributed by atoms with Crippen molar-refractivity contribution in [3.05, 3.63) is 29.0 Å². The van der Waals surface area contributed by atoms with Crippen molar-refractivity contribution in [1.82, 2.24) is 10.3 Å². The van der Waals surface area contributed by atoms with E-state index in [0.29, 0.717) is 5.02 Å². The second-order valence-electron chi connectivity index (χ2n) is 3.66. The fraction of sp³-hybridized carbons (Fsp3) is 0.273. The van der Waals surface area contributed by atoms with Gasteiger partial charge >= 0.3 is 11.9 Å². The van der Waals surface area contributed by atoms with Gasteiger partial charge in [0, 0.05) is 12.6 Å². The molecule has 0 aliphatic rings. The zero-order valence-corrected chi connectivity index (χ0v) is 10.4. The van der Waals surface area contributed by atoms with E-state index >= 15 is 0 Å². The summed E-state index contributed by atoms with van der Waals surface area (Å²) in [6.07, 6.45) is 0.693. The molecule has 1 atom stereocenters. The average Bonchev–Trinajstić information content (AvgIpc) is 2.34. The van der Waals surface area contributed by atoms with E-state index in [1.807, 2.05) is 0 Å². The number of halogens is 1. The zero-order valence-electron chi connectivity index (χ0n) is 9.67. The summed E-state index contributed by atoms with van der Waals surface area (Å²) >= 11 is 5.60. The van der Waals surface area contributed by atoms with Crippen LogP contribution in [0.2, 0.25) is 5.02 Å². The van der Waals surface area contributed by atoms with Crippen LogP contribution in [0.25, 0.3) is 0 Å². The van der Waals surface area contributed by atoms with Gasteiger partial charge in [0.2, 0.25) is 0 Å². The first-order valence-electron chi connectivity index (χ1n) is 5.27. The van der Waals surface area contributed by atoms with Gasteiger partial charge in [-0.3, -0.25) is 9.59 Å². The summed E-state index contributed by atoms with van der Waals surface area (Å²) in [6.45, 7) is 0. The summed E-state index contributed by atoms with van der Waals surface area (Å²) in [5.74, 6) is -3.14. The zero-order chi connectivity index (χ0) is 14.4. The number of rotatable bonds is 6. The molecule has 1 amide bonds. The Morgan fingerprint density at radius 2 is 2.00 bits per heavy atom. The van der Waals surface area contributed by atoms with Crippen molar-refractivity contribution in [3.63, 3.8) is 0 Å². The molecule has 1 rings (SSSR count). The topological polar surface area (TPSA) is 117 Å². The predicted octanol–water partition coefficient (Wildman–Crippen LogP) is 0.783. The number of nitrogens with one attached hydrogen (secondary N) is 1. The quantitative estimate of drug-likeness (QED) is 0.711. The number of pyridine rings is 1. The van der Waals surface area contributed by atoms with Crippen LogP contribution in [0.15, 0.2) is 18.3 Å². The van der Waals surface area contributed by atoms with E-state index in [9.17, 15) is 14.4 Å². The molecule has 3 N–H and O–H groups in total. The molecule has 1 heterocycles. The highest BCUT2D eigenvalue weighted by Gasteiger charge is 2.21. The van der Waals surface area contributed by atoms with Gasteiger partial charge < -0.3 is 15.5 Å². The molecular formula is C11H11ClN2O5. The molecule has 1 aromatic rings. The molecule has 0 saturated carbocycles. The number of amides is 1. The lowest BCUT2D eigenvalue weighted by atomic mass is 10.1. The SMILES string of the molecule is O=C(O)CC[C@H](NC(=O)c1ccc(Cl)cn1)C(=O)O. The van der Waals surface area contributed by atoms with E-state index in [0.717, 1.165) is 0 Å². The van der Waals surface area contributed by atoms with Crippen molar-refractivity contribution < 1.29 is 24.6 Å². The van der Waals surface area contributed by atoms with Crippen molar-refractivity contribution in [1.29, 1.82) is 0 Å². The van der Waals surface area contributed by atoms with Crippen LogP contribution in [0.1, 0.15) is 23.3 Å². The Bertz CT molecular complexity index is 488. The van der Waals surface area contributed by atoms with Gasteiger partial charge in [-0.2, -0.15) is 0 Å². The van der Waals surface area contributed by atoms with Gasteiger partial charge in [0.15, 0.2) is 0 Å². The second kappa shape index (κ2) is 6.69. The van der Waals surface area contributed by atoms with Gasteiger partial charge in [-0.15, -0.1) is 0 Å². The maximum absolute atomic E-state index is 11.7. The van der Waals surface area contributed by atoms with Crippen molar-refractivity contribution in [3.8, 4) is 0 Å². The number of carboxylic acids is 2. The van der Waals surface area contributed by atoms with E-state index < -0.39 is 23.9 Å². The van der Waals surface area contributed by atoms with E-state index in [-0.39, 0.29) is 18.5 Å². The van der Waals surface area contributed by atoms with Gasteiger partial charge in [0.1, 0.15) is 11.7 Å². The smallest absolute Gasteiger partial charge is 0.326 e. The summed E-state index contributed by atoms with van der Waals surface area (Å²) in [4.78, 5) is 36.7. The minimum absolute atomic E-state index is 0.00553. The van der Waals surface area contributed by atoms with E-state index in [2.05, 4.69) is 10.3 Å². The molecule has 0 aliphatic carbocycles. The molecule has 0 bridgehead atoms. The van der Waals surface area contributed by atoms with Crippen molar-refractivity contribution in [2.45, 2.75) is 18.9 Å². The van der Waals surface area contributed by atoms with E-state index in [1.165, 1.54) is 18.3 Å². The maximum atomic E-state index is 11.7. The van der Waals surface area contributed by atoms with Gasteiger partial charge in [-0.1, -0.05) is 11.6 Å². The van der Waals surface area contributed by atoms with Gasteiger partial charge in [-0.25, -0.2) is 9.78 Å². The number of nitrogens with zero attached hydrogens (tertiary/aromatic N) is 1. The number of carbonyl (C=O) groups excluding carboxylic acids is 1. The molecule has 7 nitrogen and oxygen atoms in total. The monoisotopic (exact) mass is 286 g/mol. The number of hydrogen-bond acceptors (Lipinski definition) is 4. The standard InChI is InChI=1S/C11H11ClN2O5/c12-6-1-2-7(13-5-6)10(17)14-8(11(18)19)3-4-9(15)16/h1-2,5,8H,3-4H2,(H,14,17)(H,15,16)(H,18,19)/t8-/m0/s1. The fourth-order valence-electron chi connectivity index (χ4n) is 1.27. The van der Waals surface area contributed by atoms with Crippen LogP contribution in [0.5, 0.6) is 0 Å². The number of hydrogen-bond donors (Lipinski definition) is 3. The Morgan fingerprint density at radius 3 is 2.47 bits per heavy atom. The Hall–Kier alpha value is -2.15. The highest BCUT2D eigenvalue weighted by atomic mass is 35.5. The maximum Gasteiger partial charge on any atom is 0.326 e. The number of aromatic nitrogens is 1. The molecule has 19 heavy (non-hydrogen) atoms. The molecule has 8 heteroatoms. The average molecular weight is 287 g/mol. The van der Waals surface area contributed by atoms with Gasteiger partial charge in [-0.05, 0) is 18.6 Å². The summed E-state index contributed by atoms with van der Waals surface area (Å²) in [5.41, 5.74) is 0.00553. The summed E-state index contributed by atoms with van der Waals surface area (Å²) in [6, 6.07) is 1.51. The van der Waals surface area contributed by atoms with Crippen molar-refractivity contribution in [2.24, 2.45) is 0 Å².